The predicted octanol–water partition coefficient (Wildman–Crippen LogP) is -1.94. The molecule has 10 atom stereocenters. The van der Waals surface area contributed by atoms with Crippen molar-refractivity contribution in [1.29, 1.82) is 0 Å². The van der Waals surface area contributed by atoms with Crippen molar-refractivity contribution < 1.29 is 69.7 Å². The van der Waals surface area contributed by atoms with E-state index < -0.39 is 90.9 Å². The van der Waals surface area contributed by atoms with Gasteiger partial charge in [0.1, 0.15) is 71.3 Å². The van der Waals surface area contributed by atoms with Gasteiger partial charge in [0, 0.05) is 17.7 Å². The van der Waals surface area contributed by atoms with Gasteiger partial charge in [-0.15, -0.1) is 0 Å². The van der Waals surface area contributed by atoms with Crippen LogP contribution >= 0.6 is 0 Å². The quantitative estimate of drug-likeness (QED) is 0.169. The standard InChI is InChI=1S/C25H30O14/c1-9-23(39-25-21(34)19(32)18(31)15(8-26)38-25)20(33)22(35)24(36-9)37-14-7-12(28)6-13(29)16(14)17(30)10-2-4-11(27)5-3-10/h2-7,9,15,18-29,31-35H,8H2,1H3/t9-,15+,18+,19-,20-,21+,22+,23-,24-,25-/m0/s1. The number of rotatable bonds is 7. The third-order valence-electron chi connectivity index (χ3n) is 6.58. The Labute approximate surface area is 221 Å². The van der Waals surface area contributed by atoms with Gasteiger partial charge in [-0.1, -0.05) is 0 Å². The summed E-state index contributed by atoms with van der Waals surface area (Å²) in [6, 6.07) is 7.01. The molecule has 0 saturated carbocycles. The highest BCUT2D eigenvalue weighted by Crippen LogP contribution is 2.37. The van der Waals surface area contributed by atoms with Gasteiger partial charge in [-0.05, 0) is 31.2 Å². The van der Waals surface area contributed by atoms with Crippen LogP contribution in [0.3, 0.4) is 0 Å². The molecule has 214 valence electrons. The summed E-state index contributed by atoms with van der Waals surface area (Å²) in [6.45, 7) is 0.715. The maximum absolute atomic E-state index is 13.1. The summed E-state index contributed by atoms with van der Waals surface area (Å²) in [5, 5.41) is 90.9. The zero-order valence-electron chi connectivity index (χ0n) is 20.5. The van der Waals surface area contributed by atoms with E-state index in [0.717, 1.165) is 12.1 Å². The van der Waals surface area contributed by atoms with Crippen LogP contribution in [-0.2, 0) is 14.2 Å². The van der Waals surface area contributed by atoms with E-state index in [0.29, 0.717) is 0 Å². The maximum atomic E-state index is 13.1. The third-order valence-corrected chi connectivity index (χ3v) is 6.58. The molecule has 2 saturated heterocycles. The Kier molecular flexibility index (Phi) is 8.60. The van der Waals surface area contributed by atoms with Crippen molar-refractivity contribution in [1.82, 2.24) is 0 Å². The molecule has 0 radical (unpaired) electrons. The molecule has 14 nitrogen and oxygen atoms in total. The Balaban J connectivity index is 1.53. The maximum Gasteiger partial charge on any atom is 0.229 e. The van der Waals surface area contributed by atoms with Crippen molar-refractivity contribution >= 4 is 5.78 Å². The van der Waals surface area contributed by atoms with E-state index in [9.17, 15) is 50.8 Å². The summed E-state index contributed by atoms with van der Waals surface area (Å²) >= 11 is 0. The van der Waals surface area contributed by atoms with Crippen LogP contribution < -0.4 is 4.74 Å². The van der Waals surface area contributed by atoms with Crippen LogP contribution in [-0.4, -0.2) is 120 Å². The summed E-state index contributed by atoms with van der Waals surface area (Å²) in [5.41, 5.74) is -0.332. The molecule has 0 amide bonds. The molecule has 14 heteroatoms. The number of ketones is 1. The second kappa shape index (κ2) is 11.6. The van der Waals surface area contributed by atoms with Crippen molar-refractivity contribution in [3.05, 3.63) is 47.5 Å². The number of carbonyl (C=O) groups excluding carboxylic acids is 1. The zero-order valence-corrected chi connectivity index (χ0v) is 20.5. The number of phenols is 3. The lowest BCUT2D eigenvalue weighted by Crippen LogP contribution is -2.64. The molecular formula is C25H30O14. The van der Waals surface area contributed by atoms with Crippen LogP contribution in [0.5, 0.6) is 23.0 Å². The minimum absolute atomic E-state index is 0.0603. The Morgan fingerprint density at radius 3 is 2.10 bits per heavy atom. The van der Waals surface area contributed by atoms with Gasteiger partial charge in [0.25, 0.3) is 0 Å². The van der Waals surface area contributed by atoms with Gasteiger partial charge in [-0.3, -0.25) is 4.79 Å². The number of hydrogen-bond acceptors (Lipinski definition) is 14. The second-order valence-corrected chi connectivity index (χ2v) is 9.32. The highest BCUT2D eigenvalue weighted by Gasteiger charge is 2.50. The number of hydrogen-bond donors (Lipinski definition) is 9. The number of ether oxygens (including phenoxy) is 4. The minimum Gasteiger partial charge on any atom is -0.508 e. The van der Waals surface area contributed by atoms with Gasteiger partial charge >= 0.3 is 0 Å². The Hall–Kier alpha value is -3.05. The van der Waals surface area contributed by atoms with Crippen LogP contribution in [0.4, 0.5) is 0 Å². The van der Waals surface area contributed by atoms with Crippen LogP contribution in [0.2, 0.25) is 0 Å². The first kappa shape index (κ1) is 28.9. The van der Waals surface area contributed by atoms with E-state index >= 15 is 0 Å². The second-order valence-electron chi connectivity index (χ2n) is 9.32. The molecular weight excluding hydrogens is 524 g/mol. The van der Waals surface area contributed by atoms with Crippen molar-refractivity contribution in [2.45, 2.75) is 68.3 Å². The first-order chi connectivity index (χ1) is 18.4. The topological polar surface area (TPSA) is 236 Å². The van der Waals surface area contributed by atoms with Crippen LogP contribution in [0.1, 0.15) is 22.8 Å². The summed E-state index contributed by atoms with van der Waals surface area (Å²) < 4.78 is 22.1. The number of aliphatic hydroxyl groups excluding tert-OH is 6. The minimum atomic E-state index is -1.84. The number of aliphatic hydroxyl groups is 6. The van der Waals surface area contributed by atoms with Gasteiger partial charge in [-0.2, -0.15) is 0 Å². The van der Waals surface area contributed by atoms with Gasteiger partial charge in [0.05, 0.1) is 12.7 Å². The Morgan fingerprint density at radius 2 is 1.46 bits per heavy atom. The van der Waals surface area contributed by atoms with Crippen LogP contribution in [0, 0.1) is 0 Å². The molecule has 2 heterocycles. The van der Waals surface area contributed by atoms with Crippen molar-refractivity contribution in [2.75, 3.05) is 6.61 Å². The first-order valence-corrected chi connectivity index (χ1v) is 12.0. The van der Waals surface area contributed by atoms with E-state index in [-0.39, 0.29) is 17.1 Å². The van der Waals surface area contributed by atoms with E-state index in [2.05, 4.69) is 0 Å². The fourth-order valence-electron chi connectivity index (χ4n) is 4.42. The van der Waals surface area contributed by atoms with Gasteiger partial charge in [-0.25, -0.2) is 0 Å². The van der Waals surface area contributed by atoms with Crippen molar-refractivity contribution in [3.63, 3.8) is 0 Å². The van der Waals surface area contributed by atoms with E-state index in [1.165, 1.54) is 31.2 Å². The molecule has 2 aromatic carbocycles. The summed E-state index contributed by atoms with van der Waals surface area (Å²) in [4.78, 5) is 13.1. The highest BCUT2D eigenvalue weighted by atomic mass is 16.7. The summed E-state index contributed by atoms with van der Waals surface area (Å²) in [7, 11) is 0. The third kappa shape index (κ3) is 5.79. The molecule has 4 rings (SSSR count). The molecule has 0 spiro atoms. The van der Waals surface area contributed by atoms with Crippen LogP contribution in [0.15, 0.2) is 36.4 Å². The normalized spacial score (nSPS) is 34.9. The van der Waals surface area contributed by atoms with E-state index in [1.54, 1.807) is 0 Å². The first-order valence-electron chi connectivity index (χ1n) is 12.0. The molecule has 2 aliphatic rings. The predicted molar refractivity (Wildman–Crippen MR) is 127 cm³/mol. The highest BCUT2D eigenvalue weighted by molar-refractivity contribution is 6.12. The van der Waals surface area contributed by atoms with E-state index in [1.807, 2.05) is 0 Å². The lowest BCUT2D eigenvalue weighted by molar-refractivity contribution is -0.348. The monoisotopic (exact) mass is 554 g/mol. The van der Waals surface area contributed by atoms with Gasteiger partial charge in [0.15, 0.2) is 6.29 Å². The molecule has 2 aliphatic heterocycles. The number of phenolic OH excluding ortho intramolecular Hbond substituents is 3. The largest absolute Gasteiger partial charge is 0.508 e. The van der Waals surface area contributed by atoms with E-state index in [4.69, 9.17) is 18.9 Å². The van der Waals surface area contributed by atoms with Crippen molar-refractivity contribution in [2.24, 2.45) is 0 Å². The molecule has 0 aromatic heterocycles. The summed E-state index contributed by atoms with van der Waals surface area (Å²) in [6.07, 6.45) is -15.7. The molecule has 0 unspecified atom stereocenters. The van der Waals surface area contributed by atoms with Crippen molar-refractivity contribution in [3.8, 4) is 23.0 Å². The molecule has 2 aromatic rings. The molecule has 2 fully saturated rings. The number of benzene rings is 2. The van der Waals surface area contributed by atoms with Gasteiger partial charge in [0.2, 0.25) is 12.1 Å². The molecule has 0 aliphatic carbocycles. The molecule has 0 bridgehead atoms. The summed E-state index contributed by atoms with van der Waals surface area (Å²) in [5.74, 6) is -2.36. The fourth-order valence-corrected chi connectivity index (χ4v) is 4.42. The SMILES string of the molecule is C[C@@H]1O[C@@H](Oc2cc(O)cc(O)c2C(=O)c2ccc(O)cc2)[C@H](O)[C@H](O)[C@H]1O[C@@H]1O[C@H](CO)[C@@H](O)[C@H](O)[C@H]1O. The average molecular weight is 555 g/mol. The fraction of sp³-hybridized carbons (Fsp3) is 0.480. The molecule has 39 heavy (non-hydrogen) atoms. The Bertz CT molecular complexity index is 1150. The van der Waals surface area contributed by atoms with Gasteiger partial charge < -0.3 is 64.9 Å². The Morgan fingerprint density at radius 1 is 0.821 bits per heavy atom. The molecule has 9 N–H and O–H groups in total. The lowest BCUT2D eigenvalue weighted by atomic mass is 9.97. The lowest BCUT2D eigenvalue weighted by Gasteiger charge is -2.45. The smallest absolute Gasteiger partial charge is 0.229 e. The van der Waals surface area contributed by atoms with Crippen LogP contribution in [0.25, 0.3) is 0 Å². The average Bonchev–Trinajstić information content (AvgIpc) is 2.89. The number of carbonyl (C=O) groups is 1. The number of aromatic hydroxyl groups is 3. The zero-order chi connectivity index (χ0) is 28.6.